The quantitative estimate of drug-likeness (QED) is 0.832. The molecule has 0 saturated carbocycles. The summed E-state index contributed by atoms with van der Waals surface area (Å²) in [5, 5.41) is 1.88. The molecule has 0 bridgehead atoms. The van der Waals surface area contributed by atoms with E-state index in [-0.39, 0.29) is 11.9 Å². The molecule has 1 saturated heterocycles. The van der Waals surface area contributed by atoms with Gasteiger partial charge in [-0.1, -0.05) is 19.1 Å². The minimum atomic E-state index is 0.0462. The van der Waals surface area contributed by atoms with Gasteiger partial charge in [0.05, 0.1) is 18.1 Å². The lowest BCUT2D eigenvalue weighted by molar-refractivity contribution is 0.0613. The highest BCUT2D eigenvalue weighted by Gasteiger charge is 2.28. The van der Waals surface area contributed by atoms with Crippen molar-refractivity contribution in [1.82, 2.24) is 9.80 Å². The van der Waals surface area contributed by atoms with E-state index in [0.29, 0.717) is 28.7 Å². The minimum Gasteiger partial charge on any atom is -0.495 e. The van der Waals surface area contributed by atoms with Gasteiger partial charge in [0.1, 0.15) is 10.6 Å². The number of carbonyl (C=O) groups is 1. The summed E-state index contributed by atoms with van der Waals surface area (Å²) < 4.78 is 5.22. The number of thiocarbonyl (C=S) groups is 1. The molecule has 2 N–H and O–H groups in total. The molecule has 116 valence electrons. The van der Waals surface area contributed by atoms with Gasteiger partial charge in [-0.15, -0.1) is 11.3 Å². The van der Waals surface area contributed by atoms with Crippen molar-refractivity contribution in [3.05, 3.63) is 16.3 Å². The smallest absolute Gasteiger partial charge is 0.267 e. The average molecular weight is 327 g/mol. The van der Waals surface area contributed by atoms with Crippen LogP contribution in [-0.2, 0) is 0 Å². The van der Waals surface area contributed by atoms with Gasteiger partial charge in [0.2, 0.25) is 0 Å². The van der Waals surface area contributed by atoms with E-state index in [2.05, 4.69) is 11.8 Å². The Balaban J connectivity index is 1.98. The van der Waals surface area contributed by atoms with Crippen LogP contribution in [0.4, 0.5) is 0 Å². The number of piperazine rings is 1. The summed E-state index contributed by atoms with van der Waals surface area (Å²) in [6, 6.07) is 1.96. The number of hydrogen-bond donors (Lipinski definition) is 1. The van der Waals surface area contributed by atoms with E-state index in [1.165, 1.54) is 11.3 Å². The second kappa shape index (κ2) is 7.20. The maximum absolute atomic E-state index is 12.5. The van der Waals surface area contributed by atoms with Crippen molar-refractivity contribution in [2.75, 3.05) is 33.3 Å². The maximum atomic E-state index is 12.5. The Labute approximate surface area is 134 Å². The number of carbonyl (C=O) groups excluding carboxylic acids is 1. The highest BCUT2D eigenvalue weighted by molar-refractivity contribution is 7.80. The third-order valence-electron chi connectivity index (χ3n) is 3.80. The van der Waals surface area contributed by atoms with Gasteiger partial charge >= 0.3 is 0 Å². The third kappa shape index (κ3) is 3.53. The SMILES string of the molecule is CCC(C(N)=S)N1CCN(C(=O)c2sccc2OC)CC1. The fourth-order valence-corrected chi connectivity index (χ4v) is 3.77. The monoisotopic (exact) mass is 327 g/mol. The molecule has 5 nitrogen and oxygen atoms in total. The summed E-state index contributed by atoms with van der Waals surface area (Å²) in [5.74, 6) is 0.701. The number of rotatable bonds is 5. The average Bonchev–Trinajstić information content (AvgIpc) is 2.96. The van der Waals surface area contributed by atoms with Crippen molar-refractivity contribution in [2.45, 2.75) is 19.4 Å². The first-order valence-electron chi connectivity index (χ1n) is 7.02. The fourth-order valence-electron chi connectivity index (χ4n) is 2.63. The van der Waals surface area contributed by atoms with Gasteiger partial charge in [0.15, 0.2) is 0 Å². The Morgan fingerprint density at radius 1 is 1.48 bits per heavy atom. The first-order chi connectivity index (χ1) is 10.1. The van der Waals surface area contributed by atoms with Crippen molar-refractivity contribution >= 4 is 34.5 Å². The van der Waals surface area contributed by atoms with Gasteiger partial charge in [0.25, 0.3) is 5.91 Å². The van der Waals surface area contributed by atoms with Crippen molar-refractivity contribution in [3.8, 4) is 5.75 Å². The number of nitrogens with zero attached hydrogens (tertiary/aromatic N) is 2. The molecule has 7 heteroatoms. The summed E-state index contributed by atoms with van der Waals surface area (Å²) in [5.41, 5.74) is 5.78. The number of nitrogens with two attached hydrogens (primary N) is 1. The second-order valence-corrected chi connectivity index (χ2v) is 6.36. The van der Waals surface area contributed by atoms with Crippen LogP contribution in [0.25, 0.3) is 0 Å². The van der Waals surface area contributed by atoms with Crippen LogP contribution in [0.1, 0.15) is 23.0 Å². The Morgan fingerprint density at radius 2 is 2.14 bits per heavy atom. The van der Waals surface area contributed by atoms with E-state index in [4.69, 9.17) is 22.7 Å². The van der Waals surface area contributed by atoms with E-state index in [1.807, 2.05) is 16.3 Å². The number of amides is 1. The van der Waals surface area contributed by atoms with Crippen LogP contribution in [0.5, 0.6) is 5.75 Å². The molecule has 1 fully saturated rings. The Hall–Kier alpha value is -1.18. The molecular formula is C14H21N3O2S2. The molecule has 0 aliphatic carbocycles. The molecule has 1 atom stereocenters. The highest BCUT2D eigenvalue weighted by atomic mass is 32.1. The van der Waals surface area contributed by atoms with Crippen LogP contribution >= 0.6 is 23.6 Å². The molecule has 1 aromatic heterocycles. The standard InChI is InChI=1S/C14H21N3O2S2/c1-3-10(13(15)20)16-5-7-17(8-6-16)14(18)12-11(19-2)4-9-21-12/h4,9-10H,3,5-8H2,1-2H3,(H2,15,20). The van der Waals surface area contributed by atoms with E-state index in [9.17, 15) is 4.79 Å². The molecule has 0 aromatic carbocycles. The van der Waals surface area contributed by atoms with Gasteiger partial charge in [0, 0.05) is 26.2 Å². The van der Waals surface area contributed by atoms with Crippen molar-refractivity contribution in [3.63, 3.8) is 0 Å². The van der Waals surface area contributed by atoms with Crippen molar-refractivity contribution in [2.24, 2.45) is 5.73 Å². The zero-order chi connectivity index (χ0) is 15.4. The zero-order valence-electron chi connectivity index (χ0n) is 12.4. The molecule has 1 aliphatic heterocycles. The summed E-state index contributed by atoms with van der Waals surface area (Å²) in [6.45, 7) is 5.07. The van der Waals surface area contributed by atoms with Gasteiger partial charge in [-0.05, 0) is 17.9 Å². The number of thiophene rings is 1. The van der Waals surface area contributed by atoms with Gasteiger partial charge in [-0.25, -0.2) is 0 Å². The van der Waals surface area contributed by atoms with E-state index < -0.39 is 0 Å². The van der Waals surface area contributed by atoms with Crippen LogP contribution < -0.4 is 10.5 Å². The summed E-state index contributed by atoms with van der Waals surface area (Å²) in [7, 11) is 1.59. The predicted octanol–water partition coefficient (Wildman–Crippen LogP) is 1.58. The summed E-state index contributed by atoms with van der Waals surface area (Å²) in [6.07, 6.45) is 0.905. The van der Waals surface area contributed by atoms with Crippen LogP contribution in [0, 0.1) is 0 Å². The first-order valence-corrected chi connectivity index (χ1v) is 8.31. The normalized spacial score (nSPS) is 17.5. The van der Waals surface area contributed by atoms with Gasteiger partial charge in [-0.2, -0.15) is 0 Å². The largest absolute Gasteiger partial charge is 0.495 e. The van der Waals surface area contributed by atoms with Crippen LogP contribution in [0.2, 0.25) is 0 Å². The molecule has 21 heavy (non-hydrogen) atoms. The predicted molar refractivity (Wildman–Crippen MR) is 89.2 cm³/mol. The Morgan fingerprint density at radius 3 is 2.67 bits per heavy atom. The number of hydrogen-bond acceptors (Lipinski definition) is 5. The van der Waals surface area contributed by atoms with Crippen LogP contribution in [0.15, 0.2) is 11.4 Å². The number of ether oxygens (including phenoxy) is 1. The van der Waals surface area contributed by atoms with E-state index in [0.717, 1.165) is 19.5 Å². The maximum Gasteiger partial charge on any atom is 0.267 e. The fraction of sp³-hybridized carbons (Fsp3) is 0.571. The van der Waals surface area contributed by atoms with Crippen LogP contribution in [-0.4, -0.2) is 60.0 Å². The van der Waals surface area contributed by atoms with Crippen molar-refractivity contribution < 1.29 is 9.53 Å². The molecule has 1 amide bonds. The highest BCUT2D eigenvalue weighted by Crippen LogP contribution is 2.26. The molecular weight excluding hydrogens is 306 g/mol. The first kappa shape index (κ1) is 16.2. The molecule has 1 aromatic rings. The van der Waals surface area contributed by atoms with Crippen molar-refractivity contribution in [1.29, 1.82) is 0 Å². The summed E-state index contributed by atoms with van der Waals surface area (Å²) in [4.78, 5) is 17.9. The molecule has 2 heterocycles. The Kier molecular flexibility index (Phi) is 5.55. The Bertz CT molecular complexity index is 510. The van der Waals surface area contributed by atoms with Crippen LogP contribution in [0.3, 0.4) is 0 Å². The molecule has 0 radical (unpaired) electrons. The summed E-state index contributed by atoms with van der Waals surface area (Å²) >= 11 is 6.54. The molecule has 2 rings (SSSR count). The lowest BCUT2D eigenvalue weighted by Gasteiger charge is -2.38. The van der Waals surface area contributed by atoms with Gasteiger partial charge in [-0.3, -0.25) is 9.69 Å². The molecule has 1 unspecified atom stereocenters. The van der Waals surface area contributed by atoms with E-state index >= 15 is 0 Å². The number of methoxy groups -OCH3 is 1. The third-order valence-corrected chi connectivity index (χ3v) is 4.96. The second-order valence-electron chi connectivity index (χ2n) is 4.97. The topological polar surface area (TPSA) is 58.8 Å². The van der Waals surface area contributed by atoms with E-state index in [1.54, 1.807) is 7.11 Å². The molecule has 0 spiro atoms. The minimum absolute atomic E-state index is 0.0462. The zero-order valence-corrected chi connectivity index (χ0v) is 14.0. The lowest BCUT2D eigenvalue weighted by atomic mass is 10.1. The van der Waals surface area contributed by atoms with Gasteiger partial charge < -0.3 is 15.4 Å². The lowest BCUT2D eigenvalue weighted by Crippen LogP contribution is -2.54. The molecule has 1 aliphatic rings.